The van der Waals surface area contributed by atoms with Gasteiger partial charge in [-0.2, -0.15) is 0 Å². The monoisotopic (exact) mass is 454 g/mol. The van der Waals surface area contributed by atoms with Crippen LogP contribution >= 0.6 is 11.6 Å². The van der Waals surface area contributed by atoms with Crippen molar-refractivity contribution in [3.8, 4) is 5.75 Å². The third kappa shape index (κ3) is 4.51. The van der Waals surface area contributed by atoms with E-state index in [-0.39, 0.29) is 36.6 Å². The molecule has 3 amide bonds. The van der Waals surface area contributed by atoms with E-state index < -0.39 is 6.04 Å². The summed E-state index contributed by atoms with van der Waals surface area (Å²) in [5, 5.41) is 0.540. The van der Waals surface area contributed by atoms with Crippen molar-refractivity contribution in [3.63, 3.8) is 0 Å². The van der Waals surface area contributed by atoms with E-state index >= 15 is 0 Å². The largest absolute Gasteiger partial charge is 0.497 e. The minimum Gasteiger partial charge on any atom is -0.497 e. The van der Waals surface area contributed by atoms with E-state index in [4.69, 9.17) is 16.3 Å². The van der Waals surface area contributed by atoms with E-state index in [0.29, 0.717) is 16.5 Å². The Hall–Kier alpha value is -2.86. The van der Waals surface area contributed by atoms with Crippen LogP contribution in [-0.2, 0) is 20.9 Å². The zero-order chi connectivity index (χ0) is 22.7. The summed E-state index contributed by atoms with van der Waals surface area (Å²) in [6.45, 7) is 0.204. The molecule has 0 bridgehead atoms. The Kier molecular flexibility index (Phi) is 6.80. The van der Waals surface area contributed by atoms with Gasteiger partial charge in [-0.25, -0.2) is 4.90 Å². The highest BCUT2D eigenvalue weighted by atomic mass is 35.5. The van der Waals surface area contributed by atoms with Crippen LogP contribution in [0.3, 0.4) is 0 Å². The lowest BCUT2D eigenvalue weighted by Crippen LogP contribution is -2.47. The zero-order valence-electron chi connectivity index (χ0n) is 18.1. The molecule has 1 aliphatic heterocycles. The van der Waals surface area contributed by atoms with Crippen LogP contribution in [0.5, 0.6) is 5.75 Å². The molecule has 7 heteroatoms. The maximum Gasteiger partial charge on any atom is 0.257 e. The molecule has 1 saturated carbocycles. The van der Waals surface area contributed by atoms with E-state index in [0.717, 1.165) is 37.7 Å². The number of methoxy groups -OCH3 is 1. The number of anilines is 1. The molecule has 1 atom stereocenters. The van der Waals surface area contributed by atoms with Gasteiger partial charge in [0.1, 0.15) is 11.8 Å². The number of halogens is 1. The summed E-state index contributed by atoms with van der Waals surface area (Å²) in [6.07, 6.45) is 4.73. The number of hydrogen-bond acceptors (Lipinski definition) is 4. The smallest absolute Gasteiger partial charge is 0.257 e. The highest BCUT2D eigenvalue weighted by Gasteiger charge is 2.45. The van der Waals surface area contributed by atoms with Crippen LogP contribution in [0.2, 0.25) is 5.02 Å². The van der Waals surface area contributed by atoms with Crippen molar-refractivity contribution in [2.24, 2.45) is 5.92 Å². The Labute approximate surface area is 193 Å². The van der Waals surface area contributed by atoms with Crippen molar-refractivity contribution in [1.29, 1.82) is 0 Å². The maximum absolute atomic E-state index is 13.6. The number of carbonyl (C=O) groups is 3. The van der Waals surface area contributed by atoms with Crippen molar-refractivity contribution in [1.82, 2.24) is 4.90 Å². The average Bonchev–Trinajstić information content (AvgIpc) is 3.12. The molecule has 1 aliphatic carbocycles. The number of amides is 3. The molecule has 6 nitrogen and oxygen atoms in total. The Morgan fingerprint density at radius 2 is 1.75 bits per heavy atom. The first-order valence-corrected chi connectivity index (χ1v) is 11.4. The molecule has 2 aromatic rings. The molecule has 0 radical (unpaired) electrons. The van der Waals surface area contributed by atoms with Crippen molar-refractivity contribution in [3.05, 3.63) is 59.1 Å². The molecule has 4 rings (SSSR count). The maximum atomic E-state index is 13.6. The fourth-order valence-corrected chi connectivity index (χ4v) is 4.79. The molecule has 0 aromatic heterocycles. The molecule has 2 fully saturated rings. The Bertz CT molecular complexity index is 1000. The third-order valence-corrected chi connectivity index (χ3v) is 6.73. The quantitative estimate of drug-likeness (QED) is 0.599. The summed E-state index contributed by atoms with van der Waals surface area (Å²) < 4.78 is 5.17. The normalized spacial score (nSPS) is 19.3. The zero-order valence-corrected chi connectivity index (χ0v) is 18.9. The SMILES string of the molecule is COc1ccc(N2C(=O)CC(N(Cc3ccccc3Cl)C(=O)C3CCCCC3)C2=O)cc1. The van der Waals surface area contributed by atoms with Gasteiger partial charge in [-0.3, -0.25) is 14.4 Å². The molecule has 2 aromatic carbocycles. The molecule has 2 aliphatic rings. The van der Waals surface area contributed by atoms with Gasteiger partial charge in [-0.1, -0.05) is 49.1 Å². The van der Waals surface area contributed by atoms with E-state index in [9.17, 15) is 14.4 Å². The van der Waals surface area contributed by atoms with Crippen LogP contribution < -0.4 is 9.64 Å². The van der Waals surface area contributed by atoms with Gasteiger partial charge in [-0.05, 0) is 48.7 Å². The van der Waals surface area contributed by atoms with Crippen LogP contribution in [0.4, 0.5) is 5.69 Å². The van der Waals surface area contributed by atoms with E-state index in [2.05, 4.69) is 0 Å². The highest BCUT2D eigenvalue weighted by molar-refractivity contribution is 6.31. The lowest BCUT2D eigenvalue weighted by Gasteiger charge is -2.33. The second kappa shape index (κ2) is 9.74. The summed E-state index contributed by atoms with van der Waals surface area (Å²) >= 11 is 6.37. The van der Waals surface area contributed by atoms with Crippen LogP contribution in [0.25, 0.3) is 0 Å². The lowest BCUT2D eigenvalue weighted by molar-refractivity contribution is -0.143. The van der Waals surface area contributed by atoms with Crippen LogP contribution in [0, 0.1) is 5.92 Å². The Morgan fingerprint density at radius 1 is 1.06 bits per heavy atom. The number of carbonyl (C=O) groups excluding carboxylic acids is 3. The summed E-state index contributed by atoms with van der Waals surface area (Å²) in [6, 6.07) is 13.2. The Balaban J connectivity index is 1.63. The first-order valence-electron chi connectivity index (χ1n) is 11.0. The molecular formula is C25H27ClN2O4. The van der Waals surface area contributed by atoms with E-state index in [1.807, 2.05) is 18.2 Å². The molecule has 32 heavy (non-hydrogen) atoms. The van der Waals surface area contributed by atoms with Gasteiger partial charge in [-0.15, -0.1) is 0 Å². The molecule has 1 heterocycles. The van der Waals surface area contributed by atoms with Gasteiger partial charge in [0.25, 0.3) is 5.91 Å². The van der Waals surface area contributed by atoms with Gasteiger partial charge in [0.15, 0.2) is 0 Å². The molecule has 1 unspecified atom stereocenters. The van der Waals surface area contributed by atoms with E-state index in [1.54, 1.807) is 42.3 Å². The standard InChI is InChI=1S/C25H27ClN2O4/c1-32-20-13-11-19(12-14-20)28-23(29)15-22(25(28)31)27(16-18-9-5-6-10-21(18)26)24(30)17-7-3-2-4-8-17/h5-6,9-14,17,22H,2-4,7-8,15-16H2,1H3. The minimum atomic E-state index is -0.838. The number of benzene rings is 2. The molecule has 1 saturated heterocycles. The van der Waals surface area contributed by atoms with Gasteiger partial charge in [0, 0.05) is 17.5 Å². The summed E-state index contributed by atoms with van der Waals surface area (Å²) in [4.78, 5) is 42.6. The van der Waals surface area contributed by atoms with Gasteiger partial charge in [0.2, 0.25) is 11.8 Å². The predicted octanol–water partition coefficient (Wildman–Crippen LogP) is 4.59. The fraction of sp³-hybridized carbons (Fsp3) is 0.400. The first-order chi connectivity index (χ1) is 15.5. The fourth-order valence-electron chi connectivity index (χ4n) is 4.60. The van der Waals surface area contributed by atoms with Crippen LogP contribution in [0.15, 0.2) is 48.5 Å². The van der Waals surface area contributed by atoms with Crippen molar-refractivity contribution in [2.75, 3.05) is 12.0 Å². The molecule has 168 valence electrons. The van der Waals surface area contributed by atoms with Crippen molar-refractivity contribution < 1.29 is 19.1 Å². The second-order valence-corrected chi connectivity index (χ2v) is 8.79. The van der Waals surface area contributed by atoms with Gasteiger partial charge < -0.3 is 9.64 Å². The topological polar surface area (TPSA) is 66.9 Å². The Morgan fingerprint density at radius 3 is 2.41 bits per heavy atom. The number of nitrogens with zero attached hydrogens (tertiary/aromatic N) is 2. The van der Waals surface area contributed by atoms with Gasteiger partial charge in [0.05, 0.1) is 19.2 Å². The molecular weight excluding hydrogens is 428 g/mol. The lowest BCUT2D eigenvalue weighted by atomic mass is 9.87. The molecule has 0 N–H and O–H groups in total. The second-order valence-electron chi connectivity index (χ2n) is 8.38. The van der Waals surface area contributed by atoms with Gasteiger partial charge >= 0.3 is 0 Å². The molecule has 0 spiro atoms. The minimum absolute atomic E-state index is 0.0340. The van der Waals surface area contributed by atoms with Crippen molar-refractivity contribution >= 4 is 35.0 Å². The first kappa shape index (κ1) is 22.3. The number of ether oxygens (including phenoxy) is 1. The summed E-state index contributed by atoms with van der Waals surface area (Å²) in [5.41, 5.74) is 1.24. The summed E-state index contributed by atoms with van der Waals surface area (Å²) in [5.74, 6) is -0.240. The van der Waals surface area contributed by atoms with Crippen molar-refractivity contribution in [2.45, 2.75) is 51.1 Å². The third-order valence-electron chi connectivity index (χ3n) is 6.37. The predicted molar refractivity (Wildman–Crippen MR) is 122 cm³/mol. The number of imide groups is 1. The summed E-state index contributed by atoms with van der Waals surface area (Å²) in [7, 11) is 1.56. The van der Waals surface area contributed by atoms with E-state index in [1.165, 1.54) is 4.90 Å². The van der Waals surface area contributed by atoms with Crippen LogP contribution in [0.1, 0.15) is 44.1 Å². The number of rotatable bonds is 6. The number of hydrogen-bond donors (Lipinski definition) is 0. The highest BCUT2D eigenvalue weighted by Crippen LogP contribution is 2.32. The van der Waals surface area contributed by atoms with Crippen LogP contribution in [-0.4, -0.2) is 35.8 Å². The average molecular weight is 455 g/mol.